The summed E-state index contributed by atoms with van der Waals surface area (Å²) in [6, 6.07) is 2.99. The molecule has 2 heterocycles. The van der Waals surface area contributed by atoms with Gasteiger partial charge in [0.05, 0.1) is 6.20 Å². The fourth-order valence-corrected chi connectivity index (χ4v) is 1.48. The van der Waals surface area contributed by atoms with Gasteiger partial charge in [-0.2, -0.15) is 4.98 Å². The number of fused-ring (bicyclic) bond motifs is 1. The largest absolute Gasteiger partial charge is 0.353 e. The molecule has 92 valence electrons. The maximum Gasteiger partial charge on any atom is 0.243 e. The van der Waals surface area contributed by atoms with Gasteiger partial charge in [0.1, 0.15) is 5.82 Å². The van der Waals surface area contributed by atoms with Crippen molar-refractivity contribution in [1.29, 1.82) is 0 Å². The quantitative estimate of drug-likeness (QED) is 0.891. The Morgan fingerprint density at radius 3 is 2.82 bits per heavy atom. The molecule has 0 fully saturated rings. The average Bonchev–Trinajstić information content (AvgIpc) is 2.57. The molecule has 2 aromatic heterocycles. The van der Waals surface area contributed by atoms with Crippen LogP contribution in [0.1, 0.15) is 27.2 Å². The summed E-state index contributed by atoms with van der Waals surface area (Å²) >= 11 is 0. The maximum absolute atomic E-state index is 12.9. The molecular formula is C12H17FN4. The van der Waals surface area contributed by atoms with Gasteiger partial charge in [-0.3, -0.25) is 0 Å². The Bertz CT molecular complexity index is 513. The molecular weight excluding hydrogens is 219 g/mol. The van der Waals surface area contributed by atoms with Crippen LogP contribution in [0, 0.1) is 11.2 Å². The minimum absolute atomic E-state index is 0.276. The molecule has 0 aliphatic heterocycles. The van der Waals surface area contributed by atoms with Crippen LogP contribution in [0.2, 0.25) is 0 Å². The molecule has 0 aromatic carbocycles. The van der Waals surface area contributed by atoms with E-state index < -0.39 is 0 Å². The predicted molar refractivity (Wildman–Crippen MR) is 65.5 cm³/mol. The molecule has 0 radical (unpaired) electrons. The summed E-state index contributed by atoms with van der Waals surface area (Å²) in [4.78, 5) is 4.25. The molecule has 0 saturated carbocycles. The van der Waals surface area contributed by atoms with Gasteiger partial charge in [-0.05, 0) is 24.0 Å². The van der Waals surface area contributed by atoms with Gasteiger partial charge in [0.15, 0.2) is 5.65 Å². The van der Waals surface area contributed by atoms with Gasteiger partial charge in [0.2, 0.25) is 5.95 Å². The Hall–Kier alpha value is -1.65. The molecule has 2 rings (SSSR count). The van der Waals surface area contributed by atoms with Crippen molar-refractivity contribution >= 4 is 11.6 Å². The number of aromatic nitrogens is 3. The summed E-state index contributed by atoms with van der Waals surface area (Å²) in [6.07, 6.45) is 2.34. The highest BCUT2D eigenvalue weighted by Gasteiger charge is 2.10. The summed E-state index contributed by atoms with van der Waals surface area (Å²) in [5, 5.41) is 7.29. The van der Waals surface area contributed by atoms with E-state index in [1.54, 1.807) is 6.07 Å². The third-order valence-corrected chi connectivity index (χ3v) is 2.45. The zero-order chi connectivity index (χ0) is 12.5. The molecule has 4 nitrogen and oxygen atoms in total. The SMILES string of the molecule is CC(C)(C)CCNc1nc2ccc(F)cn2n1. The molecule has 0 unspecified atom stereocenters. The van der Waals surface area contributed by atoms with Crippen molar-refractivity contribution < 1.29 is 4.39 Å². The van der Waals surface area contributed by atoms with Gasteiger partial charge >= 0.3 is 0 Å². The number of halogens is 1. The van der Waals surface area contributed by atoms with E-state index in [9.17, 15) is 4.39 Å². The summed E-state index contributed by atoms with van der Waals surface area (Å²) in [7, 11) is 0. The predicted octanol–water partition coefficient (Wildman–Crippen LogP) is 2.72. The van der Waals surface area contributed by atoms with Crippen molar-refractivity contribution in [3.05, 3.63) is 24.1 Å². The first-order valence-electron chi connectivity index (χ1n) is 5.70. The standard InChI is InChI=1S/C12H17FN4/c1-12(2,3)6-7-14-11-15-10-5-4-9(13)8-17(10)16-11/h4-5,8H,6-7H2,1-3H3,(H,14,16). The lowest BCUT2D eigenvalue weighted by Gasteiger charge is -2.17. The second kappa shape index (κ2) is 4.31. The number of hydrogen-bond acceptors (Lipinski definition) is 3. The Morgan fingerprint density at radius 2 is 2.12 bits per heavy atom. The van der Waals surface area contributed by atoms with Crippen LogP contribution in [0.25, 0.3) is 5.65 Å². The lowest BCUT2D eigenvalue weighted by atomic mass is 9.92. The van der Waals surface area contributed by atoms with E-state index in [1.165, 1.54) is 16.8 Å². The van der Waals surface area contributed by atoms with Gasteiger partial charge in [-0.25, -0.2) is 8.91 Å². The summed E-state index contributed by atoms with van der Waals surface area (Å²) in [5.74, 6) is 0.225. The van der Waals surface area contributed by atoms with E-state index in [4.69, 9.17) is 0 Å². The molecule has 0 aliphatic rings. The highest BCUT2D eigenvalue weighted by atomic mass is 19.1. The topological polar surface area (TPSA) is 42.2 Å². The van der Waals surface area contributed by atoms with Crippen LogP contribution < -0.4 is 5.32 Å². The highest BCUT2D eigenvalue weighted by molar-refractivity contribution is 5.42. The number of rotatable bonds is 3. The van der Waals surface area contributed by atoms with E-state index in [0.29, 0.717) is 11.6 Å². The number of hydrogen-bond donors (Lipinski definition) is 1. The second-order valence-electron chi connectivity index (χ2n) is 5.32. The van der Waals surface area contributed by atoms with E-state index in [0.717, 1.165) is 13.0 Å². The van der Waals surface area contributed by atoms with E-state index >= 15 is 0 Å². The van der Waals surface area contributed by atoms with Crippen LogP contribution in [0.4, 0.5) is 10.3 Å². The molecule has 0 saturated heterocycles. The zero-order valence-electron chi connectivity index (χ0n) is 10.4. The van der Waals surface area contributed by atoms with Crippen LogP contribution in [-0.2, 0) is 0 Å². The van der Waals surface area contributed by atoms with Crippen molar-refractivity contribution in [3.8, 4) is 0 Å². The molecule has 5 heteroatoms. The zero-order valence-corrected chi connectivity index (χ0v) is 10.4. The first-order valence-corrected chi connectivity index (χ1v) is 5.70. The third kappa shape index (κ3) is 3.15. The summed E-state index contributed by atoms with van der Waals surface area (Å²) in [6.45, 7) is 7.35. The fraction of sp³-hybridized carbons (Fsp3) is 0.500. The van der Waals surface area contributed by atoms with Gasteiger partial charge in [0.25, 0.3) is 0 Å². The van der Waals surface area contributed by atoms with E-state index in [2.05, 4.69) is 36.2 Å². The van der Waals surface area contributed by atoms with Crippen LogP contribution in [0.15, 0.2) is 18.3 Å². The monoisotopic (exact) mass is 236 g/mol. The molecule has 1 N–H and O–H groups in total. The minimum atomic E-state index is -0.316. The molecule has 0 atom stereocenters. The van der Waals surface area contributed by atoms with E-state index in [-0.39, 0.29) is 11.2 Å². The highest BCUT2D eigenvalue weighted by Crippen LogP contribution is 2.18. The number of anilines is 1. The Kier molecular flexibility index (Phi) is 3.00. The molecule has 2 aromatic rings. The second-order valence-corrected chi connectivity index (χ2v) is 5.32. The van der Waals surface area contributed by atoms with Crippen LogP contribution in [0.5, 0.6) is 0 Å². The molecule has 0 bridgehead atoms. The van der Waals surface area contributed by atoms with Crippen molar-refractivity contribution in [2.24, 2.45) is 5.41 Å². The van der Waals surface area contributed by atoms with Crippen molar-refractivity contribution in [2.45, 2.75) is 27.2 Å². The minimum Gasteiger partial charge on any atom is -0.353 e. The van der Waals surface area contributed by atoms with Crippen molar-refractivity contribution in [2.75, 3.05) is 11.9 Å². The third-order valence-electron chi connectivity index (χ3n) is 2.45. The van der Waals surface area contributed by atoms with Gasteiger partial charge in [-0.15, -0.1) is 5.10 Å². The van der Waals surface area contributed by atoms with Crippen LogP contribution in [-0.4, -0.2) is 21.1 Å². The van der Waals surface area contributed by atoms with Crippen LogP contribution >= 0.6 is 0 Å². The Labute approximate surface area is 99.9 Å². The average molecular weight is 236 g/mol. The van der Waals surface area contributed by atoms with Crippen molar-refractivity contribution in [1.82, 2.24) is 14.6 Å². The van der Waals surface area contributed by atoms with Gasteiger partial charge < -0.3 is 5.32 Å². The lowest BCUT2D eigenvalue weighted by Crippen LogP contribution is -2.13. The Morgan fingerprint density at radius 1 is 1.35 bits per heavy atom. The number of nitrogens with zero attached hydrogens (tertiary/aromatic N) is 3. The smallest absolute Gasteiger partial charge is 0.243 e. The number of pyridine rings is 1. The fourth-order valence-electron chi connectivity index (χ4n) is 1.48. The Balaban J connectivity index is 2.05. The molecule has 17 heavy (non-hydrogen) atoms. The number of nitrogens with one attached hydrogen (secondary N) is 1. The summed E-state index contributed by atoms with van der Waals surface area (Å²) in [5.41, 5.74) is 0.919. The molecule has 0 aliphatic carbocycles. The van der Waals surface area contributed by atoms with Crippen LogP contribution in [0.3, 0.4) is 0 Å². The molecule has 0 amide bonds. The first kappa shape index (κ1) is 11.8. The lowest BCUT2D eigenvalue weighted by molar-refractivity contribution is 0.389. The van der Waals surface area contributed by atoms with Gasteiger partial charge in [-0.1, -0.05) is 20.8 Å². The maximum atomic E-state index is 12.9. The first-order chi connectivity index (χ1) is 7.94. The summed E-state index contributed by atoms with van der Waals surface area (Å²) < 4.78 is 14.4. The van der Waals surface area contributed by atoms with Gasteiger partial charge in [0, 0.05) is 6.54 Å². The van der Waals surface area contributed by atoms with E-state index in [1.807, 2.05) is 0 Å². The molecule has 0 spiro atoms. The van der Waals surface area contributed by atoms with Crippen molar-refractivity contribution in [3.63, 3.8) is 0 Å². The normalized spacial score (nSPS) is 12.0.